The molecule has 200 valence electrons. The Morgan fingerprint density at radius 2 is 1.76 bits per heavy atom. The third-order valence-electron chi connectivity index (χ3n) is 6.03. The molecule has 2 aliphatic rings. The summed E-state index contributed by atoms with van der Waals surface area (Å²) in [5.74, 6) is -0.982. The van der Waals surface area contributed by atoms with Crippen LogP contribution < -0.4 is 17.0 Å². The van der Waals surface area contributed by atoms with Crippen LogP contribution in [0.5, 0.6) is 0 Å². The van der Waals surface area contributed by atoms with E-state index in [1.54, 1.807) is 10.9 Å². The minimum atomic E-state index is -4.45. The fourth-order valence-corrected chi connectivity index (χ4v) is 5.30. The van der Waals surface area contributed by atoms with Gasteiger partial charge in [0.05, 0.1) is 37.9 Å². The van der Waals surface area contributed by atoms with Crippen LogP contribution in [0.1, 0.15) is 38.1 Å². The van der Waals surface area contributed by atoms with Gasteiger partial charge in [0.15, 0.2) is 10.6 Å². The maximum absolute atomic E-state index is 13.5. The van der Waals surface area contributed by atoms with Crippen LogP contribution in [0.15, 0.2) is 22.1 Å². The van der Waals surface area contributed by atoms with Crippen LogP contribution in [-0.4, -0.2) is 59.4 Å². The van der Waals surface area contributed by atoms with Crippen LogP contribution in [0.25, 0.3) is 11.2 Å². The molecule has 0 aliphatic carbocycles. The summed E-state index contributed by atoms with van der Waals surface area (Å²) in [6.45, 7) is -0.495. The second-order valence-corrected chi connectivity index (χ2v) is 10.4. The van der Waals surface area contributed by atoms with E-state index in [4.69, 9.17) is 36.5 Å². The van der Waals surface area contributed by atoms with Gasteiger partial charge in [-0.3, -0.25) is 28.0 Å². The lowest BCUT2D eigenvalue weighted by Gasteiger charge is -2.19. The number of rotatable bonds is 8. The van der Waals surface area contributed by atoms with E-state index in [1.807, 2.05) is 4.98 Å². The van der Waals surface area contributed by atoms with E-state index in [-0.39, 0.29) is 23.8 Å². The van der Waals surface area contributed by atoms with Crippen molar-refractivity contribution in [2.75, 3.05) is 18.9 Å². The van der Waals surface area contributed by atoms with Crippen molar-refractivity contribution in [1.82, 2.24) is 29.1 Å². The van der Waals surface area contributed by atoms with Gasteiger partial charge in [-0.15, -0.1) is 0 Å². The number of aromatic amines is 2. The second-order valence-electron chi connectivity index (χ2n) is 8.56. The maximum atomic E-state index is 13.5. The zero-order valence-electron chi connectivity index (χ0n) is 19.1. The number of ether oxygens (including phenoxy) is 2. The van der Waals surface area contributed by atoms with E-state index in [0.29, 0.717) is 36.8 Å². The first-order valence-corrected chi connectivity index (χ1v) is 13.2. The Morgan fingerprint density at radius 1 is 1.14 bits per heavy atom. The van der Waals surface area contributed by atoms with Crippen LogP contribution in [0.2, 0.25) is 0 Å². The number of anilines is 1. The largest absolute Gasteiger partial charge is 0.472 e. The van der Waals surface area contributed by atoms with Gasteiger partial charge in [-0.25, -0.2) is 19.3 Å². The molecular weight excluding hydrogens is 536 g/mol. The smallest absolute Gasteiger partial charge is 0.369 e. The highest BCUT2D eigenvalue weighted by molar-refractivity contribution is 7.71. The first-order valence-electron chi connectivity index (χ1n) is 11.3. The number of nitrogens with two attached hydrogens (primary N) is 1. The third kappa shape index (κ3) is 5.57. The van der Waals surface area contributed by atoms with Gasteiger partial charge in [0.2, 0.25) is 5.82 Å². The number of fused-ring (bicyclic) bond motifs is 1. The number of aromatic nitrogens is 6. The normalized spacial score (nSPS) is 25.6. The first kappa shape index (κ1) is 25.8. The standard InChI is InChI=1S/C19H23FN7O8PS/c20-11-5-26(19(29)24-16(11)28)12-3-1-9(34-12)6-32-36(30,31)33-7-10-2-4-13(35-10)27-8-22-14-15(27)23-18(21)25-17(14)37/h5,8-10,12-13H,1-4,6-7H2,(H,30,31)(H,24,28,29)(H3,21,23,25,37)/t9-,10-,12+,13+/m0/s1. The first-order chi connectivity index (χ1) is 17.6. The van der Waals surface area contributed by atoms with Gasteiger partial charge < -0.3 is 25.1 Å². The molecule has 0 saturated carbocycles. The number of H-pyrrole nitrogens is 2. The van der Waals surface area contributed by atoms with Gasteiger partial charge >= 0.3 is 13.5 Å². The number of imidazole rings is 1. The molecule has 0 spiro atoms. The molecule has 0 bridgehead atoms. The highest BCUT2D eigenvalue weighted by atomic mass is 32.1. The average Bonchev–Trinajstić information content (AvgIpc) is 3.58. The van der Waals surface area contributed by atoms with Crippen molar-refractivity contribution < 1.29 is 32.4 Å². The van der Waals surface area contributed by atoms with Crippen LogP contribution in [-0.2, 0) is 23.1 Å². The maximum Gasteiger partial charge on any atom is 0.472 e. The van der Waals surface area contributed by atoms with Crippen LogP contribution in [0, 0.1) is 10.5 Å². The van der Waals surface area contributed by atoms with Gasteiger partial charge in [0, 0.05) is 0 Å². The SMILES string of the molecule is Nc1nc(=S)c2ncn([C@H]3CC[C@@H](COP(=O)(O)OC[C@@H]4CC[C@H](n5cc(F)c(=O)[nH]c5=O)O4)O3)c2[nH]1. The molecule has 5 N–H and O–H groups in total. The molecule has 3 aromatic rings. The van der Waals surface area contributed by atoms with Gasteiger partial charge in [-0.2, -0.15) is 4.39 Å². The molecule has 0 radical (unpaired) electrons. The predicted molar refractivity (Wildman–Crippen MR) is 126 cm³/mol. The molecule has 18 heteroatoms. The molecule has 37 heavy (non-hydrogen) atoms. The number of phosphoric acid groups is 1. The Morgan fingerprint density at radius 3 is 2.41 bits per heavy atom. The molecule has 0 aromatic carbocycles. The molecule has 2 aliphatic heterocycles. The van der Waals surface area contributed by atoms with Crippen molar-refractivity contribution in [3.05, 3.63) is 43.8 Å². The Kier molecular flexibility index (Phi) is 7.10. The Labute approximate surface area is 212 Å². The zero-order valence-corrected chi connectivity index (χ0v) is 20.8. The average molecular weight is 559 g/mol. The van der Waals surface area contributed by atoms with Gasteiger partial charge in [-0.05, 0) is 25.7 Å². The number of nitrogens with zero attached hydrogens (tertiary/aromatic N) is 4. The van der Waals surface area contributed by atoms with Crippen molar-refractivity contribution in [1.29, 1.82) is 0 Å². The fourth-order valence-electron chi connectivity index (χ4n) is 4.27. The number of hydrogen-bond donors (Lipinski definition) is 4. The summed E-state index contributed by atoms with van der Waals surface area (Å²) >= 11 is 5.17. The summed E-state index contributed by atoms with van der Waals surface area (Å²) < 4.78 is 50.5. The van der Waals surface area contributed by atoms with Crippen LogP contribution in [0.4, 0.5) is 10.3 Å². The summed E-state index contributed by atoms with van der Waals surface area (Å²) in [5.41, 5.74) is 4.83. The van der Waals surface area contributed by atoms with Crippen LogP contribution in [0.3, 0.4) is 0 Å². The second kappa shape index (κ2) is 10.2. The molecule has 5 atom stereocenters. The van der Waals surface area contributed by atoms with Crippen molar-refractivity contribution >= 4 is 37.2 Å². The predicted octanol–water partition coefficient (Wildman–Crippen LogP) is 1.25. The molecule has 15 nitrogen and oxygen atoms in total. The number of nitrogens with one attached hydrogen (secondary N) is 2. The monoisotopic (exact) mass is 559 g/mol. The van der Waals surface area contributed by atoms with Crippen molar-refractivity contribution in [3.8, 4) is 0 Å². The summed E-state index contributed by atoms with van der Waals surface area (Å²) in [5, 5.41) is 0. The molecule has 5 rings (SSSR count). The number of halogens is 1. The van der Waals surface area contributed by atoms with Crippen molar-refractivity contribution in [2.24, 2.45) is 0 Å². The lowest BCUT2D eigenvalue weighted by Crippen LogP contribution is -2.34. The summed E-state index contributed by atoms with van der Waals surface area (Å²) in [7, 11) is -4.45. The summed E-state index contributed by atoms with van der Waals surface area (Å²) in [6.07, 6.45) is 1.71. The number of phosphoric ester groups is 1. The van der Waals surface area contributed by atoms with E-state index in [1.165, 1.54) is 0 Å². The molecular formula is C19H23FN7O8PS. The molecule has 2 fully saturated rings. The lowest BCUT2D eigenvalue weighted by molar-refractivity contribution is -0.0362. The fraction of sp³-hybridized carbons (Fsp3) is 0.526. The van der Waals surface area contributed by atoms with E-state index in [0.717, 1.165) is 10.8 Å². The molecule has 5 heterocycles. The number of hydrogen-bond acceptors (Lipinski definition) is 11. The molecule has 0 amide bonds. The zero-order chi connectivity index (χ0) is 26.3. The molecule has 3 aromatic heterocycles. The topological polar surface area (TPSA) is 202 Å². The van der Waals surface area contributed by atoms with E-state index in [9.17, 15) is 23.4 Å². The third-order valence-corrected chi connectivity index (χ3v) is 7.26. The summed E-state index contributed by atoms with van der Waals surface area (Å²) in [6, 6.07) is 0. The Hall–Kier alpha value is -2.79. The molecule has 2 saturated heterocycles. The van der Waals surface area contributed by atoms with Crippen molar-refractivity contribution in [2.45, 2.75) is 50.3 Å². The van der Waals surface area contributed by atoms with Crippen molar-refractivity contribution in [3.63, 3.8) is 0 Å². The van der Waals surface area contributed by atoms with Gasteiger partial charge in [0.1, 0.15) is 23.6 Å². The van der Waals surface area contributed by atoms with Gasteiger partial charge in [0.25, 0.3) is 5.56 Å². The summed E-state index contributed by atoms with van der Waals surface area (Å²) in [4.78, 5) is 46.2. The quantitative estimate of drug-likeness (QED) is 0.228. The van der Waals surface area contributed by atoms with Gasteiger partial charge in [-0.1, -0.05) is 12.2 Å². The minimum absolute atomic E-state index is 0.144. The Balaban J connectivity index is 1.11. The number of nitrogen functional groups attached to an aromatic ring is 1. The Bertz CT molecular complexity index is 1540. The van der Waals surface area contributed by atoms with Crippen LogP contribution >= 0.6 is 20.0 Å². The highest BCUT2D eigenvalue weighted by Crippen LogP contribution is 2.45. The van der Waals surface area contributed by atoms with E-state index < -0.39 is 49.6 Å². The molecule has 1 unspecified atom stereocenters. The van der Waals surface area contributed by atoms with E-state index in [2.05, 4.69) is 15.0 Å². The highest BCUT2D eigenvalue weighted by Gasteiger charge is 2.34. The van der Waals surface area contributed by atoms with E-state index >= 15 is 0 Å². The minimum Gasteiger partial charge on any atom is -0.369 e. The lowest BCUT2D eigenvalue weighted by atomic mass is 10.2.